The predicted molar refractivity (Wildman–Crippen MR) is 57.3 cm³/mol. The van der Waals surface area contributed by atoms with Crippen molar-refractivity contribution in [2.24, 2.45) is 13.0 Å². The molecule has 4 nitrogen and oxygen atoms in total. The highest BCUT2D eigenvalue weighted by molar-refractivity contribution is 7.99. The van der Waals surface area contributed by atoms with Crippen LogP contribution in [0.5, 0.6) is 0 Å². The van der Waals surface area contributed by atoms with Gasteiger partial charge in [-0.2, -0.15) is 0 Å². The molecule has 5 heteroatoms. The van der Waals surface area contributed by atoms with Crippen LogP contribution < -0.4 is 5.32 Å². The van der Waals surface area contributed by atoms with Gasteiger partial charge in [0.2, 0.25) is 0 Å². The summed E-state index contributed by atoms with van der Waals surface area (Å²) in [7, 11) is 1.99. The molecule has 1 atom stereocenters. The summed E-state index contributed by atoms with van der Waals surface area (Å²) in [5.74, 6) is 1.95. The fourth-order valence-corrected chi connectivity index (χ4v) is 2.69. The number of piperidine rings is 1. The summed E-state index contributed by atoms with van der Waals surface area (Å²) in [4.78, 5) is 0. The molecule has 0 unspecified atom stereocenters. The first-order chi connectivity index (χ1) is 6.86. The maximum absolute atomic E-state index is 4.06. The van der Waals surface area contributed by atoms with E-state index in [4.69, 9.17) is 0 Å². The molecule has 1 aromatic rings. The van der Waals surface area contributed by atoms with Crippen molar-refractivity contribution in [2.75, 3.05) is 18.8 Å². The van der Waals surface area contributed by atoms with Crippen molar-refractivity contribution in [2.45, 2.75) is 18.0 Å². The topological polar surface area (TPSA) is 42.7 Å². The van der Waals surface area contributed by atoms with Gasteiger partial charge >= 0.3 is 0 Å². The number of rotatable bonds is 3. The summed E-state index contributed by atoms with van der Waals surface area (Å²) in [5, 5.41) is 12.4. The van der Waals surface area contributed by atoms with E-state index in [1.807, 2.05) is 23.4 Å². The molecule has 78 valence electrons. The second kappa shape index (κ2) is 4.79. The summed E-state index contributed by atoms with van der Waals surface area (Å²) in [6, 6.07) is 0. The number of nitrogens with zero attached hydrogens (tertiary/aromatic N) is 3. The van der Waals surface area contributed by atoms with Crippen LogP contribution in [-0.4, -0.2) is 33.6 Å². The van der Waals surface area contributed by atoms with Crippen LogP contribution in [0.2, 0.25) is 0 Å². The molecule has 14 heavy (non-hydrogen) atoms. The van der Waals surface area contributed by atoms with Gasteiger partial charge in [0, 0.05) is 12.8 Å². The lowest BCUT2D eigenvalue weighted by atomic mass is 10.0. The van der Waals surface area contributed by atoms with Crippen LogP contribution in [0.25, 0.3) is 0 Å². The zero-order chi connectivity index (χ0) is 9.80. The Hall–Kier alpha value is -0.550. The van der Waals surface area contributed by atoms with Crippen LogP contribution in [0.15, 0.2) is 11.5 Å². The van der Waals surface area contributed by atoms with E-state index in [0.29, 0.717) is 0 Å². The summed E-state index contributed by atoms with van der Waals surface area (Å²) >= 11 is 1.81. The van der Waals surface area contributed by atoms with Crippen LogP contribution in [0.1, 0.15) is 12.8 Å². The predicted octanol–water partition coefficient (Wildman–Crippen LogP) is 0.907. The number of aromatic nitrogens is 3. The van der Waals surface area contributed by atoms with Gasteiger partial charge in [0.25, 0.3) is 0 Å². The summed E-state index contributed by atoms with van der Waals surface area (Å²) in [6.45, 7) is 2.34. The molecule has 1 saturated heterocycles. The monoisotopic (exact) mass is 212 g/mol. The molecule has 0 radical (unpaired) electrons. The van der Waals surface area contributed by atoms with Crippen molar-refractivity contribution in [1.82, 2.24) is 20.1 Å². The fraction of sp³-hybridized carbons (Fsp3) is 0.778. The molecule has 0 aliphatic carbocycles. The second-order valence-electron chi connectivity index (χ2n) is 3.75. The third-order valence-electron chi connectivity index (χ3n) is 2.52. The fourth-order valence-electron chi connectivity index (χ4n) is 1.66. The lowest BCUT2D eigenvalue weighted by Crippen LogP contribution is -2.30. The highest BCUT2D eigenvalue weighted by atomic mass is 32.2. The molecule has 2 rings (SSSR count). The van der Waals surface area contributed by atoms with E-state index in [1.165, 1.54) is 19.4 Å². The van der Waals surface area contributed by atoms with Crippen molar-refractivity contribution < 1.29 is 0 Å². The van der Waals surface area contributed by atoms with Crippen molar-refractivity contribution in [3.8, 4) is 0 Å². The Morgan fingerprint density at radius 1 is 1.71 bits per heavy atom. The third-order valence-corrected chi connectivity index (χ3v) is 3.78. The lowest BCUT2D eigenvalue weighted by molar-refractivity contribution is 0.410. The number of thioether (sulfide) groups is 1. The first-order valence-corrected chi connectivity index (χ1v) is 6.02. The Morgan fingerprint density at radius 2 is 2.64 bits per heavy atom. The van der Waals surface area contributed by atoms with E-state index >= 15 is 0 Å². The highest BCUT2D eigenvalue weighted by Gasteiger charge is 2.14. The van der Waals surface area contributed by atoms with Gasteiger partial charge in [-0.1, -0.05) is 11.8 Å². The molecule has 0 saturated carbocycles. The summed E-state index contributed by atoms with van der Waals surface area (Å²) in [5.41, 5.74) is 0. The molecule has 1 aliphatic heterocycles. The number of aryl methyl sites for hydroxylation is 1. The Balaban J connectivity index is 1.79. The molecule has 0 bridgehead atoms. The van der Waals surface area contributed by atoms with Gasteiger partial charge in [0.15, 0.2) is 5.16 Å². The van der Waals surface area contributed by atoms with Gasteiger partial charge in [0.05, 0.1) is 0 Å². The average molecular weight is 212 g/mol. The maximum atomic E-state index is 4.06. The van der Waals surface area contributed by atoms with E-state index in [1.54, 1.807) is 6.33 Å². The third kappa shape index (κ3) is 2.48. The van der Waals surface area contributed by atoms with Crippen LogP contribution >= 0.6 is 11.8 Å². The summed E-state index contributed by atoms with van der Waals surface area (Å²) < 4.78 is 1.97. The number of hydrogen-bond acceptors (Lipinski definition) is 4. The molecule has 1 aromatic heterocycles. The minimum atomic E-state index is 0.797. The van der Waals surface area contributed by atoms with Crippen LogP contribution in [0.3, 0.4) is 0 Å². The van der Waals surface area contributed by atoms with Crippen LogP contribution in [-0.2, 0) is 7.05 Å². The standard InChI is InChI=1S/C9H16N4S/c1-13-7-11-12-9(13)14-6-8-3-2-4-10-5-8/h7-8,10H,2-6H2,1H3/t8-/m0/s1. The van der Waals surface area contributed by atoms with E-state index < -0.39 is 0 Å². The molecular weight excluding hydrogens is 196 g/mol. The van der Waals surface area contributed by atoms with E-state index in [9.17, 15) is 0 Å². The second-order valence-corrected chi connectivity index (χ2v) is 4.73. The summed E-state index contributed by atoms with van der Waals surface area (Å²) in [6.07, 6.45) is 4.41. The minimum absolute atomic E-state index is 0.797. The van der Waals surface area contributed by atoms with Crippen molar-refractivity contribution in [3.05, 3.63) is 6.33 Å². The quantitative estimate of drug-likeness (QED) is 0.756. The molecule has 0 spiro atoms. The zero-order valence-electron chi connectivity index (χ0n) is 8.44. The first-order valence-electron chi connectivity index (χ1n) is 5.04. The zero-order valence-corrected chi connectivity index (χ0v) is 9.26. The van der Waals surface area contributed by atoms with Gasteiger partial charge < -0.3 is 9.88 Å². The van der Waals surface area contributed by atoms with Gasteiger partial charge in [-0.15, -0.1) is 10.2 Å². The first kappa shape index (κ1) is 9.98. The molecule has 2 heterocycles. The highest BCUT2D eigenvalue weighted by Crippen LogP contribution is 2.21. The van der Waals surface area contributed by atoms with Crippen molar-refractivity contribution in [3.63, 3.8) is 0 Å². The SMILES string of the molecule is Cn1cnnc1SC[C@H]1CCCNC1. The van der Waals surface area contributed by atoms with Gasteiger partial charge in [-0.05, 0) is 31.8 Å². The number of hydrogen-bond donors (Lipinski definition) is 1. The molecule has 1 fully saturated rings. The normalized spacial score (nSPS) is 22.5. The van der Waals surface area contributed by atoms with Gasteiger partial charge in [0.1, 0.15) is 6.33 Å². The smallest absolute Gasteiger partial charge is 0.190 e. The Kier molecular flexibility index (Phi) is 3.42. The van der Waals surface area contributed by atoms with Crippen molar-refractivity contribution in [1.29, 1.82) is 0 Å². The molecule has 1 aliphatic rings. The van der Waals surface area contributed by atoms with Crippen LogP contribution in [0, 0.1) is 5.92 Å². The Labute approximate surface area is 88.5 Å². The van der Waals surface area contributed by atoms with Crippen molar-refractivity contribution >= 4 is 11.8 Å². The number of nitrogens with one attached hydrogen (secondary N) is 1. The minimum Gasteiger partial charge on any atom is -0.316 e. The maximum Gasteiger partial charge on any atom is 0.190 e. The largest absolute Gasteiger partial charge is 0.316 e. The van der Waals surface area contributed by atoms with Gasteiger partial charge in [-0.25, -0.2) is 0 Å². The molecular formula is C9H16N4S. The molecule has 1 N–H and O–H groups in total. The lowest BCUT2D eigenvalue weighted by Gasteiger charge is -2.21. The Morgan fingerprint density at radius 3 is 3.29 bits per heavy atom. The van der Waals surface area contributed by atoms with Gasteiger partial charge in [-0.3, -0.25) is 0 Å². The molecule has 0 aromatic carbocycles. The Bertz CT molecular complexity index is 280. The average Bonchev–Trinajstić information content (AvgIpc) is 2.63. The van der Waals surface area contributed by atoms with E-state index in [2.05, 4.69) is 15.5 Å². The van der Waals surface area contributed by atoms with E-state index in [-0.39, 0.29) is 0 Å². The molecule has 0 amide bonds. The van der Waals surface area contributed by atoms with Crippen LogP contribution in [0.4, 0.5) is 0 Å². The van der Waals surface area contributed by atoms with E-state index in [0.717, 1.165) is 23.4 Å².